The molecule has 6 heteroatoms. The first-order chi connectivity index (χ1) is 7.00. The summed E-state index contributed by atoms with van der Waals surface area (Å²) in [6.07, 6.45) is 1.05. The van der Waals surface area contributed by atoms with Gasteiger partial charge in [0, 0.05) is 12.8 Å². The number of amides is 1. The molecule has 0 aromatic rings. The number of halogens is 1. The van der Waals surface area contributed by atoms with E-state index in [9.17, 15) is 13.2 Å². The number of rotatable bonds is 5. The maximum Gasteiger partial charge on any atom is 0.240 e. The SMILES string of the molecule is CC(C)C(Cl)CNC(=O)C(C)(C)S(C)(=O)=O. The molecule has 0 rings (SSSR count). The molecule has 0 spiro atoms. The lowest BCUT2D eigenvalue weighted by Crippen LogP contribution is -2.49. The average Bonchev–Trinajstić information content (AvgIpc) is 2.11. The van der Waals surface area contributed by atoms with Gasteiger partial charge >= 0.3 is 0 Å². The number of hydrogen-bond acceptors (Lipinski definition) is 3. The minimum absolute atomic E-state index is 0.195. The predicted molar refractivity (Wildman–Crippen MR) is 66.4 cm³/mol. The Labute approximate surface area is 103 Å². The van der Waals surface area contributed by atoms with Gasteiger partial charge in [-0.25, -0.2) is 8.42 Å². The Morgan fingerprint density at radius 2 is 1.81 bits per heavy atom. The minimum Gasteiger partial charge on any atom is -0.353 e. The van der Waals surface area contributed by atoms with E-state index in [0.717, 1.165) is 6.26 Å². The van der Waals surface area contributed by atoms with Gasteiger partial charge in [-0.1, -0.05) is 13.8 Å². The smallest absolute Gasteiger partial charge is 0.240 e. The number of carbonyl (C=O) groups excluding carboxylic acids is 1. The maximum absolute atomic E-state index is 11.7. The van der Waals surface area contributed by atoms with Crippen molar-refractivity contribution in [2.75, 3.05) is 12.8 Å². The molecule has 0 aliphatic carbocycles. The van der Waals surface area contributed by atoms with E-state index < -0.39 is 20.5 Å². The van der Waals surface area contributed by atoms with Crippen LogP contribution in [0.2, 0.25) is 0 Å². The molecule has 4 nitrogen and oxygen atoms in total. The van der Waals surface area contributed by atoms with Gasteiger partial charge in [-0.2, -0.15) is 0 Å². The van der Waals surface area contributed by atoms with Gasteiger partial charge < -0.3 is 5.32 Å². The quantitative estimate of drug-likeness (QED) is 0.763. The molecule has 0 saturated carbocycles. The molecule has 0 heterocycles. The van der Waals surface area contributed by atoms with E-state index >= 15 is 0 Å². The lowest BCUT2D eigenvalue weighted by Gasteiger charge is -2.23. The van der Waals surface area contributed by atoms with Crippen molar-refractivity contribution in [2.45, 2.75) is 37.8 Å². The van der Waals surface area contributed by atoms with Gasteiger partial charge in [0.2, 0.25) is 5.91 Å². The largest absolute Gasteiger partial charge is 0.353 e. The third-order valence-electron chi connectivity index (χ3n) is 2.65. The third-order valence-corrected chi connectivity index (χ3v) is 5.35. The van der Waals surface area contributed by atoms with E-state index in [1.165, 1.54) is 13.8 Å². The van der Waals surface area contributed by atoms with Crippen molar-refractivity contribution in [1.82, 2.24) is 5.32 Å². The lowest BCUT2D eigenvalue weighted by molar-refractivity contribution is -0.122. The minimum atomic E-state index is -3.42. The fourth-order valence-electron chi connectivity index (χ4n) is 0.807. The highest BCUT2D eigenvalue weighted by Crippen LogP contribution is 2.15. The van der Waals surface area contributed by atoms with E-state index in [1.807, 2.05) is 13.8 Å². The molecule has 1 unspecified atom stereocenters. The van der Waals surface area contributed by atoms with Crippen molar-refractivity contribution in [3.63, 3.8) is 0 Å². The molecule has 0 aliphatic heterocycles. The van der Waals surface area contributed by atoms with Crippen LogP contribution in [0.3, 0.4) is 0 Å². The summed E-state index contributed by atoms with van der Waals surface area (Å²) in [5, 5.41) is 2.37. The van der Waals surface area contributed by atoms with Crippen LogP contribution in [0.1, 0.15) is 27.7 Å². The van der Waals surface area contributed by atoms with Crippen molar-refractivity contribution in [1.29, 1.82) is 0 Å². The van der Waals surface area contributed by atoms with Crippen LogP contribution in [-0.2, 0) is 14.6 Å². The monoisotopic (exact) mass is 269 g/mol. The second-order valence-electron chi connectivity index (χ2n) is 4.75. The summed E-state index contributed by atoms with van der Waals surface area (Å²) in [6.45, 7) is 6.92. The number of nitrogens with one attached hydrogen (secondary N) is 1. The Hall–Kier alpha value is -0.290. The van der Waals surface area contributed by atoms with Crippen LogP contribution in [0.25, 0.3) is 0 Å². The fraction of sp³-hybridized carbons (Fsp3) is 0.900. The highest BCUT2D eigenvalue weighted by atomic mass is 35.5. The lowest BCUT2D eigenvalue weighted by atomic mass is 10.1. The van der Waals surface area contributed by atoms with Crippen LogP contribution < -0.4 is 5.32 Å². The van der Waals surface area contributed by atoms with Crippen molar-refractivity contribution < 1.29 is 13.2 Å². The molecule has 1 N–H and O–H groups in total. The first-order valence-electron chi connectivity index (χ1n) is 5.12. The van der Waals surface area contributed by atoms with Crippen molar-refractivity contribution >= 4 is 27.3 Å². The molecule has 1 amide bonds. The van der Waals surface area contributed by atoms with E-state index in [-0.39, 0.29) is 17.8 Å². The first-order valence-corrected chi connectivity index (χ1v) is 7.45. The van der Waals surface area contributed by atoms with Crippen LogP contribution in [0.4, 0.5) is 0 Å². The molecule has 0 radical (unpaired) electrons. The van der Waals surface area contributed by atoms with Gasteiger partial charge in [-0.15, -0.1) is 11.6 Å². The molecule has 96 valence electrons. The Balaban J connectivity index is 4.50. The van der Waals surface area contributed by atoms with Gasteiger partial charge in [-0.3, -0.25) is 4.79 Å². The first kappa shape index (κ1) is 15.7. The summed E-state index contributed by atoms with van der Waals surface area (Å²) >= 11 is 5.96. The fourth-order valence-corrected chi connectivity index (χ4v) is 1.29. The zero-order valence-electron chi connectivity index (χ0n) is 10.4. The van der Waals surface area contributed by atoms with Crippen molar-refractivity contribution in [3.05, 3.63) is 0 Å². The number of carbonyl (C=O) groups is 1. The Kier molecular flexibility index (Phi) is 5.26. The molecular formula is C10H20ClNO3S. The normalized spacial score (nSPS) is 14.9. The highest BCUT2D eigenvalue weighted by molar-refractivity contribution is 7.92. The van der Waals surface area contributed by atoms with Gasteiger partial charge in [-0.05, 0) is 19.8 Å². The summed E-state index contributed by atoms with van der Waals surface area (Å²) < 4.78 is 21.3. The van der Waals surface area contributed by atoms with Gasteiger partial charge in [0.25, 0.3) is 0 Å². The van der Waals surface area contributed by atoms with E-state index in [4.69, 9.17) is 11.6 Å². The Morgan fingerprint density at radius 1 is 1.38 bits per heavy atom. The van der Waals surface area contributed by atoms with Crippen LogP contribution in [0.15, 0.2) is 0 Å². The second kappa shape index (κ2) is 5.36. The van der Waals surface area contributed by atoms with E-state index in [2.05, 4.69) is 5.32 Å². The summed E-state index contributed by atoms with van der Waals surface area (Å²) in [5.41, 5.74) is 0. The van der Waals surface area contributed by atoms with Crippen LogP contribution >= 0.6 is 11.6 Å². The molecule has 0 fully saturated rings. The van der Waals surface area contributed by atoms with Gasteiger partial charge in [0.15, 0.2) is 9.84 Å². The zero-order valence-corrected chi connectivity index (χ0v) is 11.9. The van der Waals surface area contributed by atoms with Crippen LogP contribution in [0.5, 0.6) is 0 Å². The molecule has 16 heavy (non-hydrogen) atoms. The number of hydrogen-bond donors (Lipinski definition) is 1. The van der Waals surface area contributed by atoms with Crippen LogP contribution in [0, 0.1) is 5.92 Å². The van der Waals surface area contributed by atoms with Gasteiger partial charge in [0.05, 0.1) is 5.38 Å². The number of sulfone groups is 1. The topological polar surface area (TPSA) is 63.2 Å². The molecule has 0 aliphatic rings. The van der Waals surface area contributed by atoms with E-state index in [1.54, 1.807) is 0 Å². The second-order valence-corrected chi connectivity index (χ2v) is 7.88. The zero-order chi connectivity index (χ0) is 13.1. The van der Waals surface area contributed by atoms with Crippen molar-refractivity contribution in [2.24, 2.45) is 5.92 Å². The predicted octanol–water partition coefficient (Wildman–Crippen LogP) is 1.19. The Morgan fingerprint density at radius 3 is 2.12 bits per heavy atom. The summed E-state index contributed by atoms with van der Waals surface area (Å²) in [7, 11) is -3.42. The molecule has 0 saturated heterocycles. The standard InChI is InChI=1S/C10H20ClNO3S/c1-7(2)8(11)6-12-9(13)10(3,4)16(5,14)15/h7-8H,6H2,1-5H3,(H,12,13). The van der Waals surface area contributed by atoms with Crippen molar-refractivity contribution in [3.8, 4) is 0 Å². The average molecular weight is 270 g/mol. The molecular weight excluding hydrogens is 250 g/mol. The maximum atomic E-state index is 11.7. The number of alkyl halides is 1. The van der Waals surface area contributed by atoms with E-state index in [0.29, 0.717) is 0 Å². The molecule has 0 aromatic carbocycles. The third kappa shape index (κ3) is 3.94. The Bertz CT molecular complexity index is 349. The summed E-state index contributed by atoms with van der Waals surface area (Å²) in [6, 6.07) is 0. The summed E-state index contributed by atoms with van der Waals surface area (Å²) in [4.78, 5) is 11.7. The molecule has 0 aromatic heterocycles. The molecule has 0 bridgehead atoms. The highest BCUT2D eigenvalue weighted by Gasteiger charge is 2.38. The summed E-state index contributed by atoms with van der Waals surface area (Å²) in [5.74, 6) is -0.287. The molecule has 1 atom stereocenters. The van der Waals surface area contributed by atoms with Crippen LogP contribution in [-0.4, -0.2) is 37.2 Å². The van der Waals surface area contributed by atoms with Gasteiger partial charge in [0.1, 0.15) is 4.75 Å².